The van der Waals surface area contributed by atoms with Crippen LogP contribution in [-0.2, 0) is 12.8 Å². The first-order valence-corrected chi connectivity index (χ1v) is 5.43. The molecule has 1 aromatic heterocycles. The van der Waals surface area contributed by atoms with Crippen LogP contribution in [0, 0.1) is 0 Å². The first-order chi connectivity index (χ1) is 6.76. The lowest BCUT2D eigenvalue weighted by atomic mass is 10.1. The molecule has 0 aliphatic heterocycles. The van der Waals surface area contributed by atoms with E-state index in [0.717, 1.165) is 23.4 Å². The predicted molar refractivity (Wildman–Crippen MR) is 62.1 cm³/mol. The summed E-state index contributed by atoms with van der Waals surface area (Å²) >= 11 is 5.95. The van der Waals surface area contributed by atoms with Gasteiger partial charge in [-0.15, -0.1) is 0 Å². The molecular formula is C12H14ClN. The van der Waals surface area contributed by atoms with Gasteiger partial charge >= 0.3 is 0 Å². The summed E-state index contributed by atoms with van der Waals surface area (Å²) in [4.78, 5) is 3.42. The van der Waals surface area contributed by atoms with E-state index in [-0.39, 0.29) is 0 Å². The quantitative estimate of drug-likeness (QED) is 0.768. The van der Waals surface area contributed by atoms with Gasteiger partial charge in [0, 0.05) is 21.6 Å². The predicted octanol–water partition coefficient (Wildman–Crippen LogP) is 3.95. The molecule has 1 aromatic carbocycles. The van der Waals surface area contributed by atoms with Crippen molar-refractivity contribution in [1.29, 1.82) is 0 Å². The monoisotopic (exact) mass is 207 g/mol. The van der Waals surface area contributed by atoms with E-state index in [4.69, 9.17) is 11.6 Å². The fraction of sp³-hybridized carbons (Fsp3) is 0.333. The maximum atomic E-state index is 5.95. The van der Waals surface area contributed by atoms with Crippen LogP contribution >= 0.6 is 11.6 Å². The molecule has 1 nitrogen and oxygen atoms in total. The molecule has 0 fully saturated rings. The van der Waals surface area contributed by atoms with Crippen molar-refractivity contribution in [1.82, 2.24) is 4.98 Å². The van der Waals surface area contributed by atoms with Crippen molar-refractivity contribution < 1.29 is 0 Å². The van der Waals surface area contributed by atoms with Crippen molar-refractivity contribution >= 4 is 22.5 Å². The molecule has 0 radical (unpaired) electrons. The first-order valence-electron chi connectivity index (χ1n) is 5.05. The van der Waals surface area contributed by atoms with E-state index in [9.17, 15) is 0 Å². The van der Waals surface area contributed by atoms with Crippen molar-refractivity contribution in [2.45, 2.75) is 26.7 Å². The van der Waals surface area contributed by atoms with Crippen LogP contribution in [-0.4, -0.2) is 4.98 Å². The summed E-state index contributed by atoms with van der Waals surface area (Å²) in [5.41, 5.74) is 3.93. The van der Waals surface area contributed by atoms with Crippen molar-refractivity contribution in [3.05, 3.63) is 34.5 Å². The van der Waals surface area contributed by atoms with E-state index in [1.54, 1.807) is 0 Å². The highest BCUT2D eigenvalue weighted by molar-refractivity contribution is 6.31. The van der Waals surface area contributed by atoms with E-state index in [0.29, 0.717) is 0 Å². The second-order valence-corrected chi connectivity index (χ2v) is 3.92. The molecule has 1 heterocycles. The summed E-state index contributed by atoms with van der Waals surface area (Å²) in [5, 5.41) is 2.11. The minimum Gasteiger partial charge on any atom is -0.358 e. The van der Waals surface area contributed by atoms with Crippen molar-refractivity contribution in [3.63, 3.8) is 0 Å². The van der Waals surface area contributed by atoms with E-state index in [1.165, 1.54) is 16.6 Å². The lowest BCUT2D eigenvalue weighted by Crippen LogP contribution is -1.86. The molecule has 0 saturated carbocycles. The van der Waals surface area contributed by atoms with Crippen LogP contribution in [0.2, 0.25) is 5.02 Å². The van der Waals surface area contributed by atoms with Crippen LogP contribution in [0.15, 0.2) is 18.2 Å². The number of nitrogens with one attached hydrogen (secondary N) is 1. The van der Waals surface area contributed by atoms with Crippen LogP contribution < -0.4 is 0 Å². The van der Waals surface area contributed by atoms with Gasteiger partial charge in [0.15, 0.2) is 0 Å². The molecule has 1 N–H and O–H groups in total. The molecule has 0 spiro atoms. The number of benzene rings is 1. The highest BCUT2D eigenvalue weighted by atomic mass is 35.5. The molecule has 0 amide bonds. The van der Waals surface area contributed by atoms with E-state index in [1.807, 2.05) is 12.1 Å². The Kier molecular flexibility index (Phi) is 2.51. The molecule has 0 atom stereocenters. The van der Waals surface area contributed by atoms with Gasteiger partial charge in [0.2, 0.25) is 0 Å². The average molecular weight is 208 g/mol. The van der Waals surface area contributed by atoms with Gasteiger partial charge in [-0.2, -0.15) is 0 Å². The van der Waals surface area contributed by atoms with Gasteiger partial charge in [-0.3, -0.25) is 0 Å². The zero-order valence-corrected chi connectivity index (χ0v) is 9.28. The van der Waals surface area contributed by atoms with E-state index < -0.39 is 0 Å². The minimum atomic E-state index is 0.795. The van der Waals surface area contributed by atoms with Gasteiger partial charge in [-0.1, -0.05) is 31.5 Å². The molecule has 0 bridgehead atoms. The maximum Gasteiger partial charge on any atom is 0.0473 e. The lowest BCUT2D eigenvalue weighted by Gasteiger charge is -1.97. The van der Waals surface area contributed by atoms with Gasteiger partial charge in [0.1, 0.15) is 0 Å². The zero-order valence-electron chi connectivity index (χ0n) is 8.52. The number of aromatic amines is 1. The summed E-state index contributed by atoms with van der Waals surface area (Å²) in [6.07, 6.45) is 2.13. The molecule has 14 heavy (non-hydrogen) atoms. The largest absolute Gasteiger partial charge is 0.358 e. The number of aryl methyl sites for hydroxylation is 2. The van der Waals surface area contributed by atoms with Crippen molar-refractivity contribution in [2.75, 3.05) is 0 Å². The van der Waals surface area contributed by atoms with Crippen LogP contribution in [0.1, 0.15) is 25.1 Å². The Balaban J connectivity index is 2.73. The third-order valence-electron chi connectivity index (χ3n) is 2.66. The minimum absolute atomic E-state index is 0.795. The normalized spacial score (nSPS) is 11.1. The van der Waals surface area contributed by atoms with Crippen LogP contribution in [0.5, 0.6) is 0 Å². The Morgan fingerprint density at radius 3 is 2.64 bits per heavy atom. The summed E-state index contributed by atoms with van der Waals surface area (Å²) < 4.78 is 0. The molecule has 0 saturated heterocycles. The second-order valence-electron chi connectivity index (χ2n) is 3.48. The number of aromatic nitrogens is 1. The van der Waals surface area contributed by atoms with Gasteiger partial charge in [0.05, 0.1) is 0 Å². The summed E-state index contributed by atoms with van der Waals surface area (Å²) in [5.74, 6) is 0. The van der Waals surface area contributed by atoms with Crippen molar-refractivity contribution in [2.24, 2.45) is 0 Å². The molecule has 74 valence electrons. The Hall–Kier alpha value is -0.950. The third kappa shape index (κ3) is 1.42. The van der Waals surface area contributed by atoms with Gasteiger partial charge in [0.25, 0.3) is 0 Å². The Bertz CT molecular complexity index is 457. The first kappa shape index (κ1) is 9.60. The molecule has 0 unspecified atom stereocenters. The highest BCUT2D eigenvalue weighted by Gasteiger charge is 2.07. The molecule has 2 aromatic rings. The zero-order chi connectivity index (χ0) is 10.1. The summed E-state index contributed by atoms with van der Waals surface area (Å²) in [6.45, 7) is 4.36. The summed E-state index contributed by atoms with van der Waals surface area (Å²) in [6, 6.07) is 6.05. The highest BCUT2D eigenvalue weighted by Crippen LogP contribution is 2.25. The topological polar surface area (TPSA) is 15.8 Å². The fourth-order valence-corrected chi connectivity index (χ4v) is 2.16. The van der Waals surface area contributed by atoms with Crippen molar-refractivity contribution in [3.8, 4) is 0 Å². The number of fused-ring (bicyclic) bond motifs is 1. The molecule has 0 aliphatic rings. The number of H-pyrrole nitrogens is 1. The van der Waals surface area contributed by atoms with E-state index in [2.05, 4.69) is 24.9 Å². The molecule has 2 rings (SSSR count). The molecular weight excluding hydrogens is 194 g/mol. The Morgan fingerprint density at radius 1 is 1.21 bits per heavy atom. The number of hydrogen-bond donors (Lipinski definition) is 1. The van der Waals surface area contributed by atoms with Gasteiger partial charge in [-0.25, -0.2) is 0 Å². The second kappa shape index (κ2) is 3.66. The van der Waals surface area contributed by atoms with Gasteiger partial charge < -0.3 is 4.98 Å². The average Bonchev–Trinajstić information content (AvgIpc) is 2.54. The van der Waals surface area contributed by atoms with E-state index >= 15 is 0 Å². The molecule has 2 heteroatoms. The fourth-order valence-electron chi connectivity index (χ4n) is 1.99. The number of rotatable bonds is 2. The van der Waals surface area contributed by atoms with Crippen LogP contribution in [0.3, 0.4) is 0 Å². The SMILES string of the molecule is CCc1[nH]c2cc(Cl)ccc2c1CC. The third-order valence-corrected chi connectivity index (χ3v) is 2.90. The Morgan fingerprint density at radius 2 is 2.00 bits per heavy atom. The maximum absolute atomic E-state index is 5.95. The van der Waals surface area contributed by atoms with Crippen LogP contribution in [0.4, 0.5) is 0 Å². The molecule has 0 aliphatic carbocycles. The lowest BCUT2D eigenvalue weighted by molar-refractivity contribution is 1.01. The Labute approximate surface area is 89.1 Å². The standard InChI is InChI=1S/C12H14ClN/c1-3-9-10-6-5-8(13)7-12(10)14-11(9)4-2/h5-7,14H,3-4H2,1-2H3. The number of halogens is 1. The number of hydrogen-bond acceptors (Lipinski definition) is 0. The van der Waals surface area contributed by atoms with Gasteiger partial charge in [-0.05, 0) is 30.5 Å². The smallest absolute Gasteiger partial charge is 0.0473 e. The van der Waals surface area contributed by atoms with Crippen LogP contribution in [0.25, 0.3) is 10.9 Å². The summed E-state index contributed by atoms with van der Waals surface area (Å²) in [7, 11) is 0.